The molecule has 0 spiro atoms. The van der Waals surface area contributed by atoms with Crippen molar-refractivity contribution in [1.82, 2.24) is 4.90 Å². The van der Waals surface area contributed by atoms with Crippen molar-refractivity contribution < 1.29 is 0 Å². The second-order valence-corrected chi connectivity index (χ2v) is 6.74. The summed E-state index contributed by atoms with van der Waals surface area (Å²) in [6, 6.07) is 20.0. The van der Waals surface area contributed by atoms with Crippen LogP contribution in [0.1, 0.15) is 49.3 Å². The molecule has 0 radical (unpaired) electrons. The summed E-state index contributed by atoms with van der Waals surface area (Å²) < 4.78 is 0. The lowest BCUT2D eigenvalue weighted by atomic mass is 9.98. The molecule has 0 saturated carbocycles. The molecule has 2 aromatic rings. The number of benzene rings is 2. The molecule has 23 heavy (non-hydrogen) atoms. The Hall–Kier alpha value is -1.60. The van der Waals surface area contributed by atoms with Gasteiger partial charge in [0, 0.05) is 6.54 Å². The summed E-state index contributed by atoms with van der Waals surface area (Å²) in [6.07, 6.45) is 4.81. The molecule has 0 aliphatic heterocycles. The van der Waals surface area contributed by atoms with Gasteiger partial charge in [-0.15, -0.1) is 0 Å². The highest BCUT2D eigenvalue weighted by Gasteiger charge is 2.09. The zero-order chi connectivity index (χ0) is 16.5. The van der Waals surface area contributed by atoms with E-state index in [0.29, 0.717) is 5.92 Å². The molecule has 0 aliphatic rings. The van der Waals surface area contributed by atoms with Crippen molar-refractivity contribution in [3.63, 3.8) is 0 Å². The van der Waals surface area contributed by atoms with Crippen LogP contribution in [-0.2, 0) is 12.8 Å². The molecular formula is C22H31N. The number of rotatable bonds is 9. The third-order valence-electron chi connectivity index (χ3n) is 4.52. The van der Waals surface area contributed by atoms with Gasteiger partial charge in [0.1, 0.15) is 0 Å². The molecule has 1 nitrogen and oxygen atoms in total. The number of aryl methyl sites for hydroxylation is 2. The minimum absolute atomic E-state index is 0.590. The Bertz CT molecular complexity index is 544. The first kappa shape index (κ1) is 17.7. The fourth-order valence-corrected chi connectivity index (χ4v) is 3.16. The normalized spacial score (nSPS) is 12.5. The van der Waals surface area contributed by atoms with Crippen LogP contribution in [0.5, 0.6) is 0 Å². The van der Waals surface area contributed by atoms with Crippen LogP contribution in [0.25, 0.3) is 0 Å². The van der Waals surface area contributed by atoms with Crippen LogP contribution in [-0.4, -0.2) is 25.0 Å². The van der Waals surface area contributed by atoms with Gasteiger partial charge in [-0.25, -0.2) is 0 Å². The van der Waals surface area contributed by atoms with Crippen LogP contribution < -0.4 is 0 Å². The van der Waals surface area contributed by atoms with Gasteiger partial charge >= 0.3 is 0 Å². The lowest BCUT2D eigenvalue weighted by molar-refractivity contribution is 0.313. The van der Waals surface area contributed by atoms with Gasteiger partial charge in [0.25, 0.3) is 0 Å². The molecule has 0 amide bonds. The topological polar surface area (TPSA) is 3.24 Å². The van der Waals surface area contributed by atoms with Gasteiger partial charge in [-0.2, -0.15) is 0 Å². The number of hydrogen-bond donors (Lipinski definition) is 0. The zero-order valence-corrected chi connectivity index (χ0v) is 15.0. The summed E-state index contributed by atoms with van der Waals surface area (Å²) >= 11 is 0. The summed E-state index contributed by atoms with van der Waals surface area (Å²) in [6.45, 7) is 6.86. The number of likely N-dealkylation sites (N-methyl/N-ethyl adjacent to an activating group) is 1. The van der Waals surface area contributed by atoms with Crippen molar-refractivity contribution in [2.45, 2.75) is 45.4 Å². The fraction of sp³-hybridized carbons (Fsp3) is 0.455. The second kappa shape index (κ2) is 9.52. The first-order valence-electron chi connectivity index (χ1n) is 9.00. The smallest absolute Gasteiger partial charge is 0.00446 e. The molecular weight excluding hydrogens is 278 g/mol. The Morgan fingerprint density at radius 3 is 2.17 bits per heavy atom. The molecule has 0 N–H and O–H groups in total. The maximum atomic E-state index is 2.47. The van der Waals surface area contributed by atoms with Crippen LogP contribution in [0.15, 0.2) is 54.6 Å². The molecule has 2 aromatic carbocycles. The third-order valence-corrected chi connectivity index (χ3v) is 4.52. The van der Waals surface area contributed by atoms with Gasteiger partial charge in [0.05, 0.1) is 0 Å². The van der Waals surface area contributed by atoms with E-state index in [1.165, 1.54) is 42.4 Å². The Kier molecular flexibility index (Phi) is 7.35. The van der Waals surface area contributed by atoms with E-state index in [-0.39, 0.29) is 0 Å². The van der Waals surface area contributed by atoms with Crippen molar-refractivity contribution in [2.75, 3.05) is 20.1 Å². The predicted molar refractivity (Wildman–Crippen MR) is 101 cm³/mol. The van der Waals surface area contributed by atoms with Gasteiger partial charge in [0.15, 0.2) is 0 Å². The Labute approximate surface area is 142 Å². The monoisotopic (exact) mass is 309 g/mol. The van der Waals surface area contributed by atoms with E-state index >= 15 is 0 Å². The van der Waals surface area contributed by atoms with E-state index in [0.717, 1.165) is 13.1 Å². The number of hydrogen-bond acceptors (Lipinski definition) is 1. The van der Waals surface area contributed by atoms with Gasteiger partial charge in [-0.1, -0.05) is 74.9 Å². The van der Waals surface area contributed by atoms with Gasteiger partial charge in [-0.3, -0.25) is 0 Å². The average Bonchev–Trinajstić information content (AvgIpc) is 2.57. The highest BCUT2D eigenvalue weighted by molar-refractivity contribution is 5.25. The average molecular weight is 309 g/mol. The summed E-state index contributed by atoms with van der Waals surface area (Å²) in [5.74, 6) is 0.590. The minimum atomic E-state index is 0.590. The van der Waals surface area contributed by atoms with E-state index < -0.39 is 0 Å². The number of nitrogens with zero attached hydrogens (tertiary/aromatic N) is 1. The quantitative estimate of drug-likeness (QED) is 0.607. The highest BCUT2D eigenvalue weighted by Crippen LogP contribution is 2.18. The summed E-state index contributed by atoms with van der Waals surface area (Å²) in [4.78, 5) is 2.47. The van der Waals surface area contributed by atoms with Crippen LogP contribution in [0.3, 0.4) is 0 Å². The van der Waals surface area contributed by atoms with Crippen LogP contribution in [0.4, 0.5) is 0 Å². The largest absolute Gasteiger partial charge is 0.306 e. The molecule has 0 saturated heterocycles. The van der Waals surface area contributed by atoms with Crippen molar-refractivity contribution in [1.29, 1.82) is 0 Å². The van der Waals surface area contributed by atoms with Gasteiger partial charge in [0.2, 0.25) is 0 Å². The van der Waals surface area contributed by atoms with E-state index in [2.05, 4.69) is 80.4 Å². The minimum Gasteiger partial charge on any atom is -0.306 e. The van der Waals surface area contributed by atoms with Crippen LogP contribution in [0, 0.1) is 0 Å². The molecule has 1 atom stereocenters. The molecule has 2 rings (SSSR count). The summed E-state index contributed by atoms with van der Waals surface area (Å²) in [5.41, 5.74) is 4.36. The first-order chi connectivity index (χ1) is 11.2. The predicted octanol–water partition coefficient (Wildman–Crippen LogP) is 5.31. The molecule has 0 fully saturated rings. The van der Waals surface area contributed by atoms with Crippen molar-refractivity contribution in [3.05, 3.63) is 71.3 Å². The SMILES string of the molecule is CCCc1ccc(C(C)CN(C)CCCc2ccccc2)cc1. The highest BCUT2D eigenvalue weighted by atomic mass is 15.1. The lowest BCUT2D eigenvalue weighted by Gasteiger charge is -2.22. The molecule has 0 bridgehead atoms. The fourth-order valence-electron chi connectivity index (χ4n) is 3.16. The van der Waals surface area contributed by atoms with Gasteiger partial charge < -0.3 is 4.90 Å². The standard InChI is InChI=1S/C22H31N/c1-4-9-20-13-15-22(16-14-20)19(2)18-23(3)17-8-12-21-10-6-5-7-11-21/h5-7,10-11,13-16,19H,4,8-9,12,17-18H2,1-3H3. The Balaban J connectivity index is 1.74. The molecule has 1 heteroatoms. The van der Waals surface area contributed by atoms with Crippen molar-refractivity contribution in [2.24, 2.45) is 0 Å². The molecule has 0 aliphatic carbocycles. The van der Waals surface area contributed by atoms with E-state index in [1.807, 2.05) is 0 Å². The van der Waals surface area contributed by atoms with Crippen molar-refractivity contribution >= 4 is 0 Å². The Morgan fingerprint density at radius 1 is 0.870 bits per heavy atom. The van der Waals surface area contributed by atoms with Crippen molar-refractivity contribution in [3.8, 4) is 0 Å². The lowest BCUT2D eigenvalue weighted by Crippen LogP contribution is -2.25. The zero-order valence-electron chi connectivity index (χ0n) is 15.0. The first-order valence-corrected chi connectivity index (χ1v) is 9.00. The maximum Gasteiger partial charge on any atom is 0.00446 e. The molecule has 1 unspecified atom stereocenters. The third kappa shape index (κ3) is 6.19. The van der Waals surface area contributed by atoms with E-state index in [9.17, 15) is 0 Å². The summed E-state index contributed by atoms with van der Waals surface area (Å²) in [7, 11) is 2.24. The maximum absolute atomic E-state index is 2.47. The van der Waals surface area contributed by atoms with Crippen LogP contribution in [0.2, 0.25) is 0 Å². The van der Waals surface area contributed by atoms with E-state index in [1.54, 1.807) is 0 Å². The molecule has 0 heterocycles. The molecule has 0 aromatic heterocycles. The summed E-state index contributed by atoms with van der Waals surface area (Å²) in [5, 5.41) is 0. The second-order valence-electron chi connectivity index (χ2n) is 6.74. The van der Waals surface area contributed by atoms with Crippen LogP contribution >= 0.6 is 0 Å². The molecule has 124 valence electrons. The van der Waals surface area contributed by atoms with Gasteiger partial charge in [-0.05, 0) is 55.5 Å². The van der Waals surface area contributed by atoms with E-state index in [4.69, 9.17) is 0 Å². The Morgan fingerprint density at radius 2 is 1.52 bits per heavy atom.